The topological polar surface area (TPSA) is 17.9 Å². The van der Waals surface area contributed by atoms with Crippen LogP contribution in [0.1, 0.15) is 88.8 Å². The van der Waals surface area contributed by atoms with Crippen molar-refractivity contribution in [3.8, 4) is 5.69 Å². The molecular formula is C54H51N5Pt. The van der Waals surface area contributed by atoms with Gasteiger partial charge in [-0.2, -0.15) is 43.7 Å². The molecule has 0 N–H and O–H groups in total. The molecule has 5 aliphatic rings. The Hall–Kier alpha value is -4.99. The van der Waals surface area contributed by atoms with Gasteiger partial charge in [0.25, 0.3) is 0 Å². The van der Waals surface area contributed by atoms with Crippen LogP contribution in [0.15, 0.2) is 121 Å². The fraction of sp³-hybridized carbons (Fsp3) is 0.296. The summed E-state index contributed by atoms with van der Waals surface area (Å²) >= 11 is 0. The molecule has 0 amide bonds. The van der Waals surface area contributed by atoms with Gasteiger partial charge in [0, 0.05) is 62.1 Å². The van der Waals surface area contributed by atoms with Gasteiger partial charge >= 0.3 is 21.1 Å². The quantitative estimate of drug-likeness (QED) is 0.160. The standard InChI is InChI=1S/C54H51N5.Pt/c1-36-22-26-39(27-23-36)55-34-57(51-20-8-6-18-49(51)55)41-13-10-12-38(32-41)54(3)45-16-11-15-44-43-14-4-5-17-47(43)59(53(44)45)48-31-30-42(33-46(48)54)58-35-56(40-28-24-37(2)25-29-40)50-19-7-9-21-52(50)58;/h4-21,30-31,34-37,39-40H,22-29H2,1-3H3;/q-4;+4. The maximum absolute atomic E-state index is 4.16. The fourth-order valence-corrected chi connectivity index (χ4v) is 11.4. The van der Waals surface area contributed by atoms with E-state index in [2.05, 4.69) is 192 Å². The second-order valence-electron chi connectivity index (χ2n) is 18.3. The number of benzene rings is 6. The van der Waals surface area contributed by atoms with Crippen LogP contribution < -0.4 is 19.6 Å². The molecule has 6 heteroatoms. The van der Waals surface area contributed by atoms with Gasteiger partial charge in [-0.05, 0) is 99.1 Å². The number of aromatic nitrogens is 1. The Bertz CT molecular complexity index is 2760. The van der Waals surface area contributed by atoms with Gasteiger partial charge < -0.3 is 24.2 Å². The molecule has 7 aromatic rings. The summed E-state index contributed by atoms with van der Waals surface area (Å²) in [6, 6.07) is 54.4. The summed E-state index contributed by atoms with van der Waals surface area (Å²) < 4.78 is 2.51. The van der Waals surface area contributed by atoms with Crippen molar-refractivity contribution in [3.05, 3.63) is 163 Å². The van der Waals surface area contributed by atoms with Crippen LogP contribution in [0.25, 0.3) is 27.5 Å². The first-order valence-electron chi connectivity index (χ1n) is 22.1. The van der Waals surface area contributed by atoms with Crippen molar-refractivity contribution in [2.24, 2.45) is 11.8 Å². The maximum atomic E-state index is 4.16. The molecule has 1 atom stereocenters. The van der Waals surface area contributed by atoms with Gasteiger partial charge in [-0.3, -0.25) is 0 Å². The third kappa shape index (κ3) is 5.67. The van der Waals surface area contributed by atoms with E-state index in [1.54, 1.807) is 0 Å². The smallest absolute Gasteiger partial charge is 0.499 e. The SMILES string of the molecule is CC1CCC(N2[CH-]N(c3[c-]c(C4(C)c5[c-]c(N6[CH-]N(C7CCC(C)CC7)c7ccccc76)ccc5-n5c6ccccc6c6cccc4c65)ccc3)c3ccccc32)CC1.[Pt+4]. The molecule has 60 heavy (non-hydrogen) atoms. The molecule has 0 saturated heterocycles. The van der Waals surface area contributed by atoms with Crippen molar-refractivity contribution < 1.29 is 21.1 Å². The molecule has 1 aromatic heterocycles. The summed E-state index contributed by atoms with van der Waals surface area (Å²) in [5, 5.41) is 2.56. The summed E-state index contributed by atoms with van der Waals surface area (Å²) in [6.45, 7) is 12.0. The predicted octanol–water partition coefficient (Wildman–Crippen LogP) is 13.4. The second-order valence-corrected chi connectivity index (χ2v) is 18.3. The third-order valence-electron chi connectivity index (χ3n) is 14.8. The van der Waals surface area contributed by atoms with Crippen LogP contribution >= 0.6 is 0 Å². The molecule has 4 heterocycles. The number of rotatable bonds is 5. The van der Waals surface area contributed by atoms with Gasteiger partial charge in [0.1, 0.15) is 0 Å². The summed E-state index contributed by atoms with van der Waals surface area (Å²) in [5.74, 6) is 1.61. The summed E-state index contributed by atoms with van der Waals surface area (Å²) in [4.78, 5) is 9.90. The predicted molar refractivity (Wildman–Crippen MR) is 244 cm³/mol. The van der Waals surface area contributed by atoms with Crippen molar-refractivity contribution in [2.45, 2.75) is 89.6 Å². The maximum Gasteiger partial charge on any atom is 4.00 e. The van der Waals surface area contributed by atoms with E-state index in [-0.39, 0.29) is 21.1 Å². The first-order chi connectivity index (χ1) is 29.0. The van der Waals surface area contributed by atoms with Crippen molar-refractivity contribution in [3.63, 3.8) is 0 Å². The zero-order valence-electron chi connectivity index (χ0n) is 34.7. The van der Waals surface area contributed by atoms with E-state index in [9.17, 15) is 0 Å². The molecular weight excluding hydrogens is 914 g/mol. The number of para-hydroxylation sites is 6. The first-order valence-corrected chi connectivity index (χ1v) is 22.1. The number of hydrogen-bond donors (Lipinski definition) is 0. The minimum Gasteiger partial charge on any atom is -0.499 e. The Morgan fingerprint density at radius 3 is 1.68 bits per heavy atom. The van der Waals surface area contributed by atoms with E-state index in [1.165, 1.54) is 113 Å². The van der Waals surface area contributed by atoms with E-state index >= 15 is 0 Å². The molecule has 0 spiro atoms. The summed E-state index contributed by atoms with van der Waals surface area (Å²) in [5.41, 5.74) is 13.9. The van der Waals surface area contributed by atoms with Gasteiger partial charge in [0.2, 0.25) is 0 Å². The largest absolute Gasteiger partial charge is 4.00 e. The van der Waals surface area contributed by atoms with Gasteiger partial charge in [0.15, 0.2) is 0 Å². The van der Waals surface area contributed by atoms with Crippen LogP contribution in [-0.2, 0) is 26.5 Å². The van der Waals surface area contributed by atoms with E-state index in [4.69, 9.17) is 0 Å². The Morgan fingerprint density at radius 1 is 0.517 bits per heavy atom. The molecule has 2 fully saturated rings. The van der Waals surface area contributed by atoms with Gasteiger partial charge in [-0.15, -0.1) is 34.6 Å². The fourth-order valence-electron chi connectivity index (χ4n) is 11.4. The second kappa shape index (κ2) is 14.6. The van der Waals surface area contributed by atoms with E-state index in [0.717, 1.165) is 28.8 Å². The number of anilines is 6. The molecule has 1 unspecified atom stereocenters. The molecule has 12 rings (SSSR count). The Labute approximate surface area is 369 Å². The number of fused-ring (bicyclic) bond motifs is 7. The molecule has 2 aliphatic carbocycles. The minimum atomic E-state index is -0.553. The van der Waals surface area contributed by atoms with Gasteiger partial charge in [0.05, 0.1) is 0 Å². The van der Waals surface area contributed by atoms with Gasteiger partial charge in [-0.25, -0.2) is 0 Å². The Morgan fingerprint density at radius 2 is 1.05 bits per heavy atom. The zero-order chi connectivity index (χ0) is 39.4. The molecule has 3 aliphatic heterocycles. The van der Waals surface area contributed by atoms with E-state index in [1.807, 2.05) is 0 Å². The van der Waals surface area contributed by atoms with Crippen LogP contribution in [0.3, 0.4) is 0 Å². The minimum absolute atomic E-state index is 0. The molecule has 6 aromatic carbocycles. The molecule has 5 nitrogen and oxygen atoms in total. The third-order valence-corrected chi connectivity index (χ3v) is 14.8. The number of nitrogens with zero attached hydrogens (tertiary/aromatic N) is 5. The van der Waals surface area contributed by atoms with Crippen molar-refractivity contribution in [1.82, 2.24) is 4.57 Å². The van der Waals surface area contributed by atoms with Crippen LogP contribution in [0.2, 0.25) is 0 Å². The average molecular weight is 965 g/mol. The Balaban J connectivity index is 0.00000408. The van der Waals surface area contributed by atoms with Crippen molar-refractivity contribution in [2.75, 3.05) is 19.6 Å². The zero-order valence-corrected chi connectivity index (χ0v) is 37.0. The van der Waals surface area contributed by atoms with E-state index < -0.39 is 5.41 Å². The molecule has 0 bridgehead atoms. The molecule has 0 radical (unpaired) electrons. The molecule has 2 saturated carbocycles. The normalized spacial score (nSPS) is 24.4. The summed E-state index contributed by atoms with van der Waals surface area (Å²) in [6.07, 6.45) is 10.0. The number of hydrogen-bond acceptors (Lipinski definition) is 4. The average Bonchev–Trinajstić information content (AvgIpc) is 3.97. The summed E-state index contributed by atoms with van der Waals surface area (Å²) in [7, 11) is 0. The van der Waals surface area contributed by atoms with Crippen molar-refractivity contribution in [1.29, 1.82) is 0 Å². The van der Waals surface area contributed by atoms with Crippen LogP contribution in [-0.4, -0.2) is 16.7 Å². The van der Waals surface area contributed by atoms with Crippen LogP contribution in [0.5, 0.6) is 0 Å². The van der Waals surface area contributed by atoms with Crippen molar-refractivity contribution >= 4 is 55.9 Å². The Kier molecular flexibility index (Phi) is 9.23. The monoisotopic (exact) mass is 964 g/mol. The molecule has 302 valence electrons. The van der Waals surface area contributed by atoms with E-state index in [0.29, 0.717) is 12.1 Å². The first kappa shape index (κ1) is 38.0. The van der Waals surface area contributed by atoms with Crippen LogP contribution in [0, 0.1) is 37.3 Å². The van der Waals surface area contributed by atoms with Gasteiger partial charge in [-0.1, -0.05) is 87.1 Å². The van der Waals surface area contributed by atoms with Crippen LogP contribution in [0.4, 0.5) is 34.1 Å².